The molecule has 0 unspecified atom stereocenters. The number of rotatable bonds is 4. The Morgan fingerprint density at radius 1 is 1.33 bits per heavy atom. The van der Waals surface area contributed by atoms with Gasteiger partial charge in [0.1, 0.15) is 5.52 Å². The fourth-order valence-electron chi connectivity index (χ4n) is 1.78. The van der Waals surface area contributed by atoms with Crippen LogP contribution in [0.25, 0.3) is 10.9 Å². The zero-order chi connectivity index (χ0) is 16.0. The van der Waals surface area contributed by atoms with Crippen molar-refractivity contribution in [2.45, 2.75) is 27.3 Å². The lowest BCUT2D eigenvalue weighted by Gasteiger charge is -2.09. The topological polar surface area (TPSA) is 67.2 Å². The van der Waals surface area contributed by atoms with Gasteiger partial charge in [-0.2, -0.15) is 0 Å². The first-order valence-corrected chi connectivity index (χ1v) is 7.58. The van der Waals surface area contributed by atoms with Gasteiger partial charge in [0.15, 0.2) is 5.75 Å². The van der Waals surface area contributed by atoms with E-state index in [1.807, 2.05) is 20.8 Å². The second kappa shape index (κ2) is 8.22. The molecular formula is C14H19Cl2N3O2. The molecule has 116 valence electrons. The van der Waals surface area contributed by atoms with Gasteiger partial charge < -0.3 is 10.4 Å². The van der Waals surface area contributed by atoms with Crippen LogP contribution in [0.2, 0.25) is 10.0 Å². The molecule has 1 aromatic carbocycles. The summed E-state index contributed by atoms with van der Waals surface area (Å²) in [5, 5.41) is 13.4. The van der Waals surface area contributed by atoms with E-state index in [9.17, 15) is 9.90 Å². The van der Waals surface area contributed by atoms with Crippen LogP contribution in [-0.4, -0.2) is 27.7 Å². The normalized spacial score (nSPS) is 10.3. The van der Waals surface area contributed by atoms with Crippen molar-refractivity contribution < 1.29 is 5.11 Å². The number of aromatic nitrogens is 2. The van der Waals surface area contributed by atoms with Crippen molar-refractivity contribution in [1.29, 1.82) is 0 Å². The molecule has 0 fully saturated rings. The largest absolute Gasteiger partial charge is 0.504 e. The SMILES string of the molecule is CC.CCNCCn1cnc2c(O)c(Cl)cc(Cl)c2c1=O. The smallest absolute Gasteiger partial charge is 0.262 e. The molecule has 21 heavy (non-hydrogen) atoms. The quantitative estimate of drug-likeness (QED) is 0.845. The van der Waals surface area contributed by atoms with Crippen molar-refractivity contribution in [1.82, 2.24) is 14.9 Å². The van der Waals surface area contributed by atoms with E-state index >= 15 is 0 Å². The monoisotopic (exact) mass is 331 g/mol. The summed E-state index contributed by atoms with van der Waals surface area (Å²) >= 11 is 11.8. The summed E-state index contributed by atoms with van der Waals surface area (Å²) in [4.78, 5) is 16.3. The fourth-order valence-corrected chi connectivity index (χ4v) is 2.32. The van der Waals surface area contributed by atoms with E-state index in [4.69, 9.17) is 23.2 Å². The number of fused-ring (bicyclic) bond motifs is 1. The molecule has 2 aromatic rings. The molecule has 0 atom stereocenters. The highest BCUT2D eigenvalue weighted by molar-refractivity contribution is 6.39. The fraction of sp³-hybridized carbons (Fsp3) is 0.429. The highest BCUT2D eigenvalue weighted by Gasteiger charge is 2.14. The number of halogens is 2. The molecular weight excluding hydrogens is 313 g/mol. The molecule has 0 aliphatic carbocycles. The highest BCUT2D eigenvalue weighted by atomic mass is 35.5. The Morgan fingerprint density at radius 3 is 2.62 bits per heavy atom. The van der Waals surface area contributed by atoms with Crippen LogP contribution in [0, 0.1) is 0 Å². The van der Waals surface area contributed by atoms with E-state index in [2.05, 4.69) is 10.3 Å². The average Bonchev–Trinajstić information content (AvgIpc) is 2.48. The summed E-state index contributed by atoms with van der Waals surface area (Å²) in [6.45, 7) is 7.95. The Hall–Kier alpha value is -1.30. The second-order valence-corrected chi connectivity index (χ2v) is 4.82. The molecule has 0 saturated carbocycles. The van der Waals surface area contributed by atoms with Crippen LogP contribution in [0.15, 0.2) is 17.2 Å². The molecule has 0 amide bonds. The molecule has 0 saturated heterocycles. The lowest BCUT2D eigenvalue weighted by molar-refractivity contribution is 0.480. The van der Waals surface area contributed by atoms with E-state index in [1.165, 1.54) is 17.0 Å². The van der Waals surface area contributed by atoms with E-state index in [0.717, 1.165) is 6.54 Å². The van der Waals surface area contributed by atoms with Gasteiger partial charge in [-0.15, -0.1) is 0 Å². The molecule has 2 rings (SSSR count). The number of phenolic OH excluding ortho intramolecular Hbond substituents is 1. The summed E-state index contributed by atoms with van der Waals surface area (Å²) in [7, 11) is 0. The van der Waals surface area contributed by atoms with Gasteiger partial charge in [-0.1, -0.05) is 44.0 Å². The van der Waals surface area contributed by atoms with Gasteiger partial charge in [-0.3, -0.25) is 9.36 Å². The van der Waals surface area contributed by atoms with Crippen LogP contribution in [0.4, 0.5) is 0 Å². The lowest BCUT2D eigenvalue weighted by Crippen LogP contribution is -2.27. The molecule has 0 aliphatic rings. The highest BCUT2D eigenvalue weighted by Crippen LogP contribution is 2.34. The average molecular weight is 332 g/mol. The minimum absolute atomic E-state index is 0.0785. The Bertz CT molecular complexity index is 671. The van der Waals surface area contributed by atoms with Crippen LogP contribution in [0.1, 0.15) is 20.8 Å². The number of likely N-dealkylation sites (N-methyl/N-ethyl adjacent to an activating group) is 1. The van der Waals surface area contributed by atoms with Crippen molar-refractivity contribution in [2.24, 2.45) is 0 Å². The molecule has 0 bridgehead atoms. The van der Waals surface area contributed by atoms with Crippen molar-refractivity contribution in [3.8, 4) is 5.75 Å². The predicted octanol–water partition coefficient (Wildman–Crippen LogP) is 3.04. The molecule has 5 nitrogen and oxygen atoms in total. The predicted molar refractivity (Wildman–Crippen MR) is 87.6 cm³/mol. The Morgan fingerprint density at radius 2 is 2.00 bits per heavy atom. The molecule has 0 spiro atoms. The van der Waals surface area contributed by atoms with Gasteiger partial charge in [-0.25, -0.2) is 4.98 Å². The van der Waals surface area contributed by atoms with Gasteiger partial charge in [0.25, 0.3) is 5.56 Å². The molecule has 1 aromatic heterocycles. The first kappa shape index (κ1) is 17.8. The van der Waals surface area contributed by atoms with Gasteiger partial charge in [-0.05, 0) is 12.6 Å². The van der Waals surface area contributed by atoms with Crippen LogP contribution in [0.3, 0.4) is 0 Å². The van der Waals surface area contributed by atoms with E-state index < -0.39 is 0 Å². The summed E-state index contributed by atoms with van der Waals surface area (Å²) in [6, 6.07) is 1.35. The molecule has 0 radical (unpaired) electrons. The van der Waals surface area contributed by atoms with E-state index in [1.54, 1.807) is 0 Å². The minimum Gasteiger partial charge on any atom is -0.504 e. The zero-order valence-electron chi connectivity index (χ0n) is 12.3. The van der Waals surface area contributed by atoms with Gasteiger partial charge in [0.2, 0.25) is 0 Å². The second-order valence-electron chi connectivity index (χ2n) is 4.01. The number of hydrogen-bond acceptors (Lipinski definition) is 4. The van der Waals surface area contributed by atoms with E-state index in [-0.39, 0.29) is 32.3 Å². The van der Waals surface area contributed by atoms with Gasteiger partial charge in [0.05, 0.1) is 21.8 Å². The Balaban J connectivity index is 0.00000106. The Kier molecular flexibility index (Phi) is 6.95. The third-order valence-electron chi connectivity index (χ3n) is 2.76. The number of nitrogens with zero attached hydrogens (tertiary/aromatic N) is 2. The number of aromatic hydroxyl groups is 1. The van der Waals surface area contributed by atoms with Gasteiger partial charge >= 0.3 is 0 Å². The summed E-state index contributed by atoms with van der Waals surface area (Å²) in [5.41, 5.74) is -0.165. The van der Waals surface area contributed by atoms with Crippen molar-refractivity contribution >= 4 is 34.1 Å². The number of hydrogen-bond donors (Lipinski definition) is 2. The maximum atomic E-state index is 12.3. The van der Waals surface area contributed by atoms with Crippen LogP contribution >= 0.6 is 23.2 Å². The summed E-state index contributed by atoms with van der Waals surface area (Å²) in [6.07, 6.45) is 1.38. The number of benzene rings is 1. The van der Waals surface area contributed by atoms with Crippen molar-refractivity contribution in [2.75, 3.05) is 13.1 Å². The maximum absolute atomic E-state index is 12.3. The summed E-state index contributed by atoms with van der Waals surface area (Å²) < 4.78 is 1.45. The van der Waals surface area contributed by atoms with E-state index in [0.29, 0.717) is 13.1 Å². The number of phenols is 1. The molecule has 1 heterocycles. The maximum Gasteiger partial charge on any atom is 0.262 e. The minimum atomic E-state index is -0.292. The zero-order valence-corrected chi connectivity index (χ0v) is 13.8. The Labute approximate surface area is 133 Å². The van der Waals surface area contributed by atoms with Crippen LogP contribution in [0.5, 0.6) is 5.75 Å². The lowest BCUT2D eigenvalue weighted by atomic mass is 10.2. The third kappa shape index (κ3) is 3.87. The first-order chi connectivity index (χ1) is 10.1. The van der Waals surface area contributed by atoms with Crippen LogP contribution < -0.4 is 10.9 Å². The standard InChI is InChI=1S/C12H13Cl2N3O2.C2H6/c1-2-15-3-4-17-6-16-10-9(12(17)19)7(13)5-8(14)11(10)18;1-2/h5-6,15,18H,2-4H2,1H3;1-2H3. The molecule has 0 aliphatic heterocycles. The first-order valence-electron chi connectivity index (χ1n) is 6.83. The molecule has 2 N–H and O–H groups in total. The molecule has 7 heteroatoms. The summed E-state index contributed by atoms with van der Waals surface area (Å²) in [5.74, 6) is -0.225. The number of nitrogens with one attached hydrogen (secondary N) is 1. The van der Waals surface area contributed by atoms with Crippen molar-refractivity contribution in [3.63, 3.8) is 0 Å². The third-order valence-corrected chi connectivity index (χ3v) is 3.35. The van der Waals surface area contributed by atoms with Crippen LogP contribution in [-0.2, 0) is 6.54 Å². The van der Waals surface area contributed by atoms with Gasteiger partial charge in [0, 0.05) is 13.1 Å². The van der Waals surface area contributed by atoms with Crippen molar-refractivity contribution in [3.05, 3.63) is 32.8 Å².